The number of hydrogen-bond donors (Lipinski definition) is 1. The summed E-state index contributed by atoms with van der Waals surface area (Å²) in [7, 11) is 2.01. The number of nitrogens with zero attached hydrogens (tertiary/aromatic N) is 3. The lowest BCUT2D eigenvalue weighted by Gasteiger charge is -2.20. The Labute approximate surface area is 127 Å². The first kappa shape index (κ1) is 15.7. The Bertz CT molecular complexity index is 601. The molecule has 0 saturated carbocycles. The summed E-state index contributed by atoms with van der Waals surface area (Å²) in [6.45, 7) is 9.45. The molecule has 2 heterocycles. The molecule has 0 amide bonds. The lowest BCUT2D eigenvalue weighted by atomic mass is 10.0. The van der Waals surface area contributed by atoms with Crippen molar-refractivity contribution < 1.29 is 0 Å². The highest BCUT2D eigenvalue weighted by molar-refractivity contribution is 5.27. The van der Waals surface area contributed by atoms with Gasteiger partial charge in [-0.15, -0.1) is 0 Å². The van der Waals surface area contributed by atoms with Crippen LogP contribution in [0.25, 0.3) is 0 Å². The van der Waals surface area contributed by atoms with E-state index in [0.717, 1.165) is 30.8 Å². The lowest BCUT2D eigenvalue weighted by Crippen LogP contribution is -2.26. The van der Waals surface area contributed by atoms with Crippen LogP contribution in [0.3, 0.4) is 0 Å². The van der Waals surface area contributed by atoms with E-state index in [0.29, 0.717) is 0 Å². The van der Waals surface area contributed by atoms with Crippen LogP contribution in [0.2, 0.25) is 0 Å². The van der Waals surface area contributed by atoms with Crippen LogP contribution in [-0.2, 0) is 13.5 Å². The maximum absolute atomic E-state index is 4.67. The van der Waals surface area contributed by atoms with Crippen LogP contribution in [0.5, 0.6) is 0 Å². The smallest absolute Gasteiger partial charge is 0.0606 e. The van der Waals surface area contributed by atoms with Crippen LogP contribution in [0.1, 0.15) is 47.6 Å². The van der Waals surface area contributed by atoms with Gasteiger partial charge in [-0.1, -0.05) is 13.0 Å². The first-order valence-electron chi connectivity index (χ1n) is 7.67. The molecule has 0 aliphatic heterocycles. The second-order valence-corrected chi connectivity index (χ2v) is 5.83. The molecule has 0 saturated heterocycles. The van der Waals surface area contributed by atoms with Crippen molar-refractivity contribution in [2.45, 2.75) is 46.6 Å². The van der Waals surface area contributed by atoms with Gasteiger partial charge >= 0.3 is 0 Å². The van der Waals surface area contributed by atoms with Crippen molar-refractivity contribution in [2.24, 2.45) is 7.05 Å². The van der Waals surface area contributed by atoms with E-state index in [1.807, 2.05) is 24.9 Å². The van der Waals surface area contributed by atoms with Crippen LogP contribution >= 0.6 is 0 Å². The zero-order valence-electron chi connectivity index (χ0n) is 13.8. The molecule has 1 N–H and O–H groups in total. The maximum atomic E-state index is 4.67. The number of rotatable bonds is 6. The number of nitrogens with one attached hydrogen (secondary N) is 1. The van der Waals surface area contributed by atoms with E-state index in [1.54, 1.807) is 0 Å². The summed E-state index contributed by atoms with van der Waals surface area (Å²) in [6, 6.07) is 4.60. The van der Waals surface area contributed by atoms with E-state index < -0.39 is 0 Å². The molecule has 0 aliphatic rings. The van der Waals surface area contributed by atoms with E-state index in [-0.39, 0.29) is 6.04 Å². The lowest BCUT2D eigenvalue weighted by molar-refractivity contribution is 0.499. The van der Waals surface area contributed by atoms with Crippen LogP contribution < -0.4 is 5.32 Å². The predicted octanol–water partition coefficient (Wildman–Crippen LogP) is 3.02. The number of aromatic nitrogens is 3. The highest BCUT2D eigenvalue weighted by atomic mass is 15.3. The molecule has 2 aromatic rings. The van der Waals surface area contributed by atoms with Gasteiger partial charge in [0.15, 0.2) is 0 Å². The molecule has 4 heteroatoms. The van der Waals surface area contributed by atoms with Crippen molar-refractivity contribution in [3.05, 3.63) is 46.5 Å². The van der Waals surface area contributed by atoms with Gasteiger partial charge in [-0.25, -0.2) is 0 Å². The van der Waals surface area contributed by atoms with E-state index >= 15 is 0 Å². The van der Waals surface area contributed by atoms with Gasteiger partial charge in [-0.2, -0.15) is 5.10 Å². The quantitative estimate of drug-likeness (QED) is 0.887. The van der Waals surface area contributed by atoms with Crippen molar-refractivity contribution >= 4 is 0 Å². The molecule has 0 radical (unpaired) electrons. The topological polar surface area (TPSA) is 42.7 Å². The van der Waals surface area contributed by atoms with Gasteiger partial charge in [-0.05, 0) is 50.9 Å². The molecule has 1 unspecified atom stereocenters. The molecule has 2 rings (SSSR count). The van der Waals surface area contributed by atoms with E-state index in [4.69, 9.17) is 0 Å². The summed E-state index contributed by atoms with van der Waals surface area (Å²) in [5, 5.41) is 8.07. The molecule has 2 aromatic heterocycles. The minimum atomic E-state index is 0.236. The molecule has 21 heavy (non-hydrogen) atoms. The Morgan fingerprint density at radius 2 is 2.00 bits per heavy atom. The van der Waals surface area contributed by atoms with Crippen molar-refractivity contribution in [1.29, 1.82) is 0 Å². The van der Waals surface area contributed by atoms with Crippen LogP contribution in [0.4, 0.5) is 0 Å². The van der Waals surface area contributed by atoms with Crippen molar-refractivity contribution in [1.82, 2.24) is 20.1 Å². The standard InChI is InChI=1S/C17H26N4/c1-6-7-18-16(10-15-9-14(4)20-21(15)5)17-13(3)8-12(2)11-19-17/h8-9,11,16,18H,6-7,10H2,1-5H3. The van der Waals surface area contributed by atoms with Gasteiger partial charge < -0.3 is 5.32 Å². The first-order chi connectivity index (χ1) is 10.0. The summed E-state index contributed by atoms with van der Waals surface area (Å²) < 4.78 is 1.97. The fourth-order valence-corrected chi connectivity index (χ4v) is 2.74. The Hall–Kier alpha value is -1.68. The normalized spacial score (nSPS) is 12.6. The predicted molar refractivity (Wildman–Crippen MR) is 86.4 cm³/mol. The van der Waals surface area contributed by atoms with Crippen LogP contribution in [0.15, 0.2) is 18.3 Å². The Balaban J connectivity index is 2.27. The van der Waals surface area contributed by atoms with Gasteiger partial charge in [0.2, 0.25) is 0 Å². The van der Waals surface area contributed by atoms with Crippen molar-refractivity contribution in [2.75, 3.05) is 6.54 Å². The number of aryl methyl sites for hydroxylation is 4. The van der Waals surface area contributed by atoms with Gasteiger partial charge in [-0.3, -0.25) is 9.67 Å². The van der Waals surface area contributed by atoms with E-state index in [9.17, 15) is 0 Å². The highest BCUT2D eigenvalue weighted by Crippen LogP contribution is 2.21. The van der Waals surface area contributed by atoms with Gasteiger partial charge in [0.05, 0.1) is 17.4 Å². The summed E-state index contributed by atoms with van der Waals surface area (Å²) in [5.41, 5.74) is 5.91. The SMILES string of the molecule is CCCNC(Cc1cc(C)nn1C)c1ncc(C)cc1C. The number of pyridine rings is 1. The third kappa shape index (κ3) is 3.91. The highest BCUT2D eigenvalue weighted by Gasteiger charge is 2.17. The Morgan fingerprint density at radius 1 is 1.24 bits per heavy atom. The zero-order valence-corrected chi connectivity index (χ0v) is 13.8. The Morgan fingerprint density at radius 3 is 2.57 bits per heavy atom. The molecule has 1 atom stereocenters. The summed E-state index contributed by atoms with van der Waals surface area (Å²) in [5.74, 6) is 0. The second kappa shape index (κ2) is 6.85. The van der Waals surface area contributed by atoms with Gasteiger partial charge in [0.25, 0.3) is 0 Å². The average Bonchev–Trinajstić information content (AvgIpc) is 2.73. The van der Waals surface area contributed by atoms with Crippen molar-refractivity contribution in [3.8, 4) is 0 Å². The molecular formula is C17H26N4. The van der Waals surface area contributed by atoms with Crippen LogP contribution in [-0.4, -0.2) is 21.3 Å². The largest absolute Gasteiger partial charge is 0.308 e. The minimum absolute atomic E-state index is 0.236. The summed E-state index contributed by atoms with van der Waals surface area (Å²) >= 11 is 0. The number of hydrogen-bond acceptors (Lipinski definition) is 3. The monoisotopic (exact) mass is 286 g/mol. The molecule has 114 valence electrons. The average molecular weight is 286 g/mol. The maximum Gasteiger partial charge on any atom is 0.0606 e. The second-order valence-electron chi connectivity index (χ2n) is 5.83. The first-order valence-corrected chi connectivity index (χ1v) is 7.67. The zero-order chi connectivity index (χ0) is 15.4. The fraction of sp³-hybridized carbons (Fsp3) is 0.529. The van der Waals surface area contributed by atoms with E-state index in [1.165, 1.54) is 16.8 Å². The van der Waals surface area contributed by atoms with Crippen molar-refractivity contribution in [3.63, 3.8) is 0 Å². The molecule has 0 spiro atoms. The van der Waals surface area contributed by atoms with Crippen LogP contribution in [0, 0.1) is 20.8 Å². The Kier molecular flexibility index (Phi) is 5.12. The van der Waals surface area contributed by atoms with E-state index in [2.05, 4.69) is 48.3 Å². The van der Waals surface area contributed by atoms with Gasteiger partial charge in [0, 0.05) is 25.4 Å². The molecule has 0 fully saturated rings. The molecular weight excluding hydrogens is 260 g/mol. The molecule has 0 aromatic carbocycles. The minimum Gasteiger partial charge on any atom is -0.308 e. The molecule has 0 bridgehead atoms. The summed E-state index contributed by atoms with van der Waals surface area (Å²) in [6.07, 6.45) is 3.98. The fourth-order valence-electron chi connectivity index (χ4n) is 2.74. The summed E-state index contributed by atoms with van der Waals surface area (Å²) in [4.78, 5) is 4.67. The molecule has 4 nitrogen and oxygen atoms in total. The third-order valence-electron chi connectivity index (χ3n) is 3.74. The van der Waals surface area contributed by atoms with Gasteiger partial charge in [0.1, 0.15) is 0 Å². The molecule has 0 aliphatic carbocycles. The third-order valence-corrected chi connectivity index (χ3v) is 3.74.